The lowest BCUT2D eigenvalue weighted by Gasteiger charge is -2.56. The molecule has 32 heavy (non-hydrogen) atoms. The molecule has 6 rings (SSSR count). The van der Waals surface area contributed by atoms with E-state index >= 15 is 0 Å². The van der Waals surface area contributed by atoms with E-state index in [2.05, 4.69) is 5.32 Å². The molecule has 0 saturated heterocycles. The van der Waals surface area contributed by atoms with Crippen molar-refractivity contribution < 1.29 is 19.1 Å². The highest BCUT2D eigenvalue weighted by atomic mass is 16.6. The third-order valence-electron chi connectivity index (χ3n) is 8.16. The summed E-state index contributed by atoms with van der Waals surface area (Å²) in [5.74, 6) is 3.63. The van der Waals surface area contributed by atoms with Crippen LogP contribution in [0.25, 0.3) is 0 Å². The Morgan fingerprint density at radius 1 is 1.06 bits per heavy atom. The minimum absolute atomic E-state index is 0.0204. The van der Waals surface area contributed by atoms with Gasteiger partial charge in [-0.05, 0) is 74.3 Å². The maximum Gasteiger partial charge on any atom is 0.245 e. The standard InChI is InChI=1S/C26H36N2O4/c1-16(2)23(27-25(30)26-11-17-8-18(12-26)10-19(9-17)13-26)24(29)28(3)14-20-15-31-21-6-4-5-7-22(21)32-20/h4-7,16-20,23H,8-15H2,1-3H3,(H,27,30). The van der Waals surface area contributed by atoms with Crippen LogP contribution in [-0.2, 0) is 9.59 Å². The van der Waals surface area contributed by atoms with Gasteiger partial charge in [-0.1, -0.05) is 26.0 Å². The second-order valence-electron chi connectivity index (χ2n) is 11.1. The Bertz CT molecular complexity index is 847. The molecule has 4 bridgehead atoms. The van der Waals surface area contributed by atoms with Crippen LogP contribution < -0.4 is 14.8 Å². The van der Waals surface area contributed by atoms with E-state index in [0.29, 0.717) is 36.7 Å². The molecule has 6 heteroatoms. The van der Waals surface area contributed by atoms with Gasteiger partial charge in [0.05, 0.1) is 6.54 Å². The van der Waals surface area contributed by atoms with Gasteiger partial charge >= 0.3 is 0 Å². The first kappa shape index (κ1) is 21.6. The van der Waals surface area contributed by atoms with E-state index in [1.807, 2.05) is 38.1 Å². The molecular weight excluding hydrogens is 404 g/mol. The van der Waals surface area contributed by atoms with Gasteiger partial charge in [0.2, 0.25) is 11.8 Å². The topological polar surface area (TPSA) is 67.9 Å². The van der Waals surface area contributed by atoms with Crippen LogP contribution in [0.2, 0.25) is 0 Å². The largest absolute Gasteiger partial charge is 0.486 e. The van der Waals surface area contributed by atoms with Crippen molar-refractivity contribution in [1.82, 2.24) is 10.2 Å². The lowest BCUT2D eigenvalue weighted by Crippen LogP contribution is -2.59. The van der Waals surface area contributed by atoms with Crippen LogP contribution in [0.3, 0.4) is 0 Å². The van der Waals surface area contributed by atoms with Gasteiger partial charge in [-0.2, -0.15) is 0 Å². The number of hydrogen-bond donors (Lipinski definition) is 1. The number of fused-ring (bicyclic) bond motifs is 1. The van der Waals surface area contributed by atoms with Crippen molar-refractivity contribution in [2.75, 3.05) is 20.2 Å². The summed E-state index contributed by atoms with van der Waals surface area (Å²) in [6.07, 6.45) is 6.69. The number of benzene rings is 1. The van der Waals surface area contributed by atoms with E-state index in [0.717, 1.165) is 25.0 Å². The molecule has 1 aromatic carbocycles. The number of nitrogens with one attached hydrogen (secondary N) is 1. The minimum Gasteiger partial charge on any atom is -0.486 e. The first-order valence-electron chi connectivity index (χ1n) is 12.3. The van der Waals surface area contributed by atoms with Crippen molar-refractivity contribution in [3.05, 3.63) is 24.3 Å². The van der Waals surface area contributed by atoms with Crippen molar-refractivity contribution in [3.63, 3.8) is 0 Å². The SMILES string of the molecule is CC(C)C(NC(=O)C12CC3CC(CC(C3)C1)C2)C(=O)N(C)CC1COc2ccccc2O1. The summed E-state index contributed by atoms with van der Waals surface area (Å²) in [6, 6.07) is 7.07. The monoisotopic (exact) mass is 440 g/mol. The van der Waals surface area contributed by atoms with Crippen LogP contribution in [0.5, 0.6) is 11.5 Å². The number of ether oxygens (including phenoxy) is 2. The molecule has 1 N–H and O–H groups in total. The first-order valence-corrected chi connectivity index (χ1v) is 12.3. The molecule has 6 nitrogen and oxygen atoms in total. The fourth-order valence-corrected chi connectivity index (χ4v) is 6.98. The molecule has 4 aliphatic carbocycles. The van der Waals surface area contributed by atoms with Gasteiger partial charge in [-0.15, -0.1) is 0 Å². The highest BCUT2D eigenvalue weighted by Gasteiger charge is 2.55. The number of carbonyl (C=O) groups excluding carboxylic acids is 2. The number of amides is 2. The molecule has 1 aromatic rings. The van der Waals surface area contributed by atoms with E-state index in [1.54, 1.807) is 11.9 Å². The van der Waals surface area contributed by atoms with Crippen LogP contribution in [0.4, 0.5) is 0 Å². The lowest BCUT2D eigenvalue weighted by atomic mass is 9.49. The molecule has 0 aromatic heterocycles. The van der Waals surface area contributed by atoms with Crippen LogP contribution in [0.15, 0.2) is 24.3 Å². The van der Waals surface area contributed by atoms with Gasteiger partial charge in [-0.3, -0.25) is 9.59 Å². The lowest BCUT2D eigenvalue weighted by molar-refractivity contribution is -0.150. The third-order valence-corrected chi connectivity index (χ3v) is 8.16. The summed E-state index contributed by atoms with van der Waals surface area (Å²) in [6.45, 7) is 4.84. The second-order valence-corrected chi connectivity index (χ2v) is 11.1. The average molecular weight is 441 g/mol. The van der Waals surface area contributed by atoms with E-state index in [1.165, 1.54) is 19.3 Å². The Labute approximate surface area is 191 Å². The molecular formula is C26H36N2O4. The molecule has 2 atom stereocenters. The Hall–Kier alpha value is -2.24. The molecule has 4 saturated carbocycles. The van der Waals surface area contributed by atoms with Crippen LogP contribution >= 0.6 is 0 Å². The fourth-order valence-electron chi connectivity index (χ4n) is 6.98. The zero-order valence-electron chi connectivity index (χ0n) is 19.5. The Kier molecular flexibility index (Phi) is 5.58. The summed E-state index contributed by atoms with van der Waals surface area (Å²) in [5, 5.41) is 3.20. The summed E-state index contributed by atoms with van der Waals surface area (Å²) >= 11 is 0. The average Bonchev–Trinajstić information content (AvgIpc) is 2.75. The van der Waals surface area contributed by atoms with E-state index < -0.39 is 6.04 Å². The summed E-state index contributed by atoms with van der Waals surface area (Å²) in [4.78, 5) is 28.6. The van der Waals surface area contributed by atoms with Gasteiger partial charge in [0.1, 0.15) is 12.6 Å². The van der Waals surface area contributed by atoms with Gasteiger partial charge in [0.15, 0.2) is 17.6 Å². The number of hydrogen-bond acceptors (Lipinski definition) is 4. The molecule has 4 fully saturated rings. The van der Waals surface area contributed by atoms with Crippen LogP contribution in [-0.4, -0.2) is 49.1 Å². The normalized spacial score (nSPS) is 33.1. The van der Waals surface area contributed by atoms with Gasteiger partial charge in [-0.25, -0.2) is 0 Å². The number of likely N-dealkylation sites (N-methyl/N-ethyl adjacent to an activating group) is 1. The van der Waals surface area contributed by atoms with Crippen molar-refractivity contribution in [2.45, 2.75) is 64.5 Å². The first-order chi connectivity index (χ1) is 15.3. The summed E-state index contributed by atoms with van der Waals surface area (Å²) < 4.78 is 11.8. The van der Waals surface area contributed by atoms with Crippen molar-refractivity contribution >= 4 is 11.8 Å². The zero-order valence-corrected chi connectivity index (χ0v) is 19.5. The van der Waals surface area contributed by atoms with Crippen LogP contribution in [0, 0.1) is 29.1 Å². The van der Waals surface area contributed by atoms with Gasteiger partial charge in [0, 0.05) is 12.5 Å². The van der Waals surface area contributed by atoms with Crippen molar-refractivity contribution in [1.29, 1.82) is 0 Å². The van der Waals surface area contributed by atoms with Gasteiger partial charge < -0.3 is 19.7 Å². The second kappa shape index (κ2) is 8.27. The number of para-hydroxylation sites is 2. The molecule has 0 spiro atoms. The molecule has 5 aliphatic rings. The Balaban J connectivity index is 1.23. The quantitative estimate of drug-likeness (QED) is 0.733. The highest BCUT2D eigenvalue weighted by Crippen LogP contribution is 2.60. The van der Waals surface area contributed by atoms with Gasteiger partial charge in [0.25, 0.3) is 0 Å². The molecule has 0 radical (unpaired) electrons. The number of rotatable bonds is 6. The molecule has 2 unspecified atom stereocenters. The third kappa shape index (κ3) is 3.97. The molecule has 2 amide bonds. The van der Waals surface area contributed by atoms with Crippen LogP contribution in [0.1, 0.15) is 52.4 Å². The molecule has 1 heterocycles. The predicted molar refractivity (Wildman–Crippen MR) is 121 cm³/mol. The smallest absolute Gasteiger partial charge is 0.245 e. The Morgan fingerprint density at radius 3 is 2.25 bits per heavy atom. The number of carbonyl (C=O) groups is 2. The van der Waals surface area contributed by atoms with Crippen molar-refractivity contribution in [3.8, 4) is 11.5 Å². The van der Waals surface area contributed by atoms with E-state index in [-0.39, 0.29) is 29.3 Å². The molecule has 1 aliphatic heterocycles. The predicted octanol–water partition coefficient (Wildman–Crippen LogP) is 3.64. The van der Waals surface area contributed by atoms with E-state index in [9.17, 15) is 9.59 Å². The molecule has 174 valence electrons. The summed E-state index contributed by atoms with van der Waals surface area (Å²) in [7, 11) is 1.79. The fraction of sp³-hybridized carbons (Fsp3) is 0.692. The van der Waals surface area contributed by atoms with E-state index in [4.69, 9.17) is 9.47 Å². The minimum atomic E-state index is -0.516. The number of nitrogens with zero attached hydrogens (tertiary/aromatic N) is 1. The zero-order chi connectivity index (χ0) is 22.5. The highest BCUT2D eigenvalue weighted by molar-refractivity contribution is 5.90. The summed E-state index contributed by atoms with van der Waals surface area (Å²) in [5.41, 5.74) is -0.245. The van der Waals surface area contributed by atoms with Crippen molar-refractivity contribution in [2.24, 2.45) is 29.1 Å². The maximum absolute atomic E-state index is 13.5. The Morgan fingerprint density at radius 2 is 1.66 bits per heavy atom. The maximum atomic E-state index is 13.5.